The molecule has 14 heavy (non-hydrogen) atoms. The van der Waals surface area contributed by atoms with E-state index in [2.05, 4.69) is 11.9 Å². The van der Waals surface area contributed by atoms with E-state index in [1.807, 2.05) is 30.3 Å². The molecule has 74 valence electrons. The molecule has 2 nitrogen and oxygen atoms in total. The topological polar surface area (TPSA) is 29.1 Å². The molecule has 1 atom stereocenters. The zero-order valence-corrected chi connectivity index (χ0v) is 8.71. The Labute approximate surface area is 88.6 Å². The summed E-state index contributed by atoms with van der Waals surface area (Å²) >= 11 is 5.63. The van der Waals surface area contributed by atoms with E-state index in [0.717, 1.165) is 5.69 Å². The number of nitrogens with one attached hydrogen (secondary N) is 1. The van der Waals surface area contributed by atoms with Crippen molar-refractivity contribution in [2.45, 2.75) is 6.92 Å². The molecule has 1 aromatic rings. The first-order valence-corrected chi connectivity index (χ1v) is 4.69. The van der Waals surface area contributed by atoms with Gasteiger partial charge in [-0.1, -0.05) is 36.4 Å². The maximum absolute atomic E-state index is 11.5. The lowest BCUT2D eigenvalue weighted by Gasteiger charge is -2.10. The number of carbonyl (C=O) groups is 1. The molecule has 1 rings (SSSR count). The van der Waals surface area contributed by atoms with Crippen molar-refractivity contribution < 1.29 is 4.79 Å². The number of rotatable bonds is 3. The van der Waals surface area contributed by atoms with Crippen LogP contribution in [0, 0.1) is 5.92 Å². The monoisotopic (exact) mass is 209 g/mol. The Kier molecular flexibility index (Phi) is 3.72. The summed E-state index contributed by atoms with van der Waals surface area (Å²) in [5, 5.41) is 3.08. The quantitative estimate of drug-likeness (QED) is 0.815. The van der Waals surface area contributed by atoms with E-state index in [0.29, 0.717) is 5.03 Å². The van der Waals surface area contributed by atoms with E-state index in [1.165, 1.54) is 0 Å². The van der Waals surface area contributed by atoms with Crippen molar-refractivity contribution in [2.75, 3.05) is 5.32 Å². The molecule has 1 N–H and O–H groups in total. The molecule has 0 saturated heterocycles. The highest BCUT2D eigenvalue weighted by Gasteiger charge is 2.14. The van der Waals surface area contributed by atoms with Crippen molar-refractivity contribution in [1.29, 1.82) is 0 Å². The number of amides is 1. The normalized spacial score (nSPS) is 11.9. The third-order valence-electron chi connectivity index (χ3n) is 1.90. The Morgan fingerprint density at radius 2 is 2.00 bits per heavy atom. The van der Waals surface area contributed by atoms with Gasteiger partial charge in [-0.25, -0.2) is 0 Å². The molecule has 0 aliphatic heterocycles. The van der Waals surface area contributed by atoms with Crippen LogP contribution in [0.2, 0.25) is 0 Å². The lowest BCUT2D eigenvalue weighted by atomic mass is 10.1. The van der Waals surface area contributed by atoms with Crippen LogP contribution in [0.15, 0.2) is 41.9 Å². The van der Waals surface area contributed by atoms with Crippen molar-refractivity contribution in [3.63, 3.8) is 0 Å². The number of halogens is 1. The third kappa shape index (κ3) is 2.89. The number of benzene rings is 1. The van der Waals surface area contributed by atoms with Crippen LogP contribution in [0.5, 0.6) is 0 Å². The Hall–Kier alpha value is -1.28. The van der Waals surface area contributed by atoms with Crippen molar-refractivity contribution >= 4 is 23.2 Å². The summed E-state index contributed by atoms with van der Waals surface area (Å²) in [6, 6.07) is 9.24. The first-order valence-electron chi connectivity index (χ1n) is 4.31. The van der Waals surface area contributed by atoms with Gasteiger partial charge in [-0.2, -0.15) is 0 Å². The highest BCUT2D eigenvalue weighted by atomic mass is 35.5. The van der Waals surface area contributed by atoms with Gasteiger partial charge in [0.15, 0.2) is 0 Å². The van der Waals surface area contributed by atoms with E-state index in [1.54, 1.807) is 6.92 Å². The summed E-state index contributed by atoms with van der Waals surface area (Å²) in [5.41, 5.74) is 0.766. The van der Waals surface area contributed by atoms with E-state index < -0.39 is 0 Å². The standard InChI is InChI=1S/C11H12ClNO/c1-8(9(2)12)11(14)13-10-6-4-3-5-7-10/h3-8H,2H2,1H3,(H,13,14). The van der Waals surface area contributed by atoms with Gasteiger partial charge in [0.1, 0.15) is 0 Å². The smallest absolute Gasteiger partial charge is 0.232 e. The minimum absolute atomic E-state index is 0.142. The Morgan fingerprint density at radius 1 is 1.43 bits per heavy atom. The molecular formula is C11H12ClNO. The molecule has 1 amide bonds. The van der Waals surface area contributed by atoms with Gasteiger partial charge >= 0.3 is 0 Å². The van der Waals surface area contributed by atoms with Crippen molar-refractivity contribution in [3.8, 4) is 0 Å². The molecule has 0 heterocycles. The molecule has 0 aromatic heterocycles. The number of carbonyl (C=O) groups excluding carboxylic acids is 1. The Balaban J connectivity index is 2.62. The van der Waals surface area contributed by atoms with Gasteiger partial charge in [-0.3, -0.25) is 4.79 Å². The largest absolute Gasteiger partial charge is 0.326 e. The first kappa shape index (κ1) is 10.8. The zero-order valence-electron chi connectivity index (χ0n) is 7.96. The highest BCUT2D eigenvalue weighted by Crippen LogP contribution is 2.15. The molecule has 1 unspecified atom stereocenters. The van der Waals surface area contributed by atoms with Crippen LogP contribution in [0.1, 0.15) is 6.92 Å². The SMILES string of the molecule is C=C(Cl)C(C)C(=O)Nc1ccccc1. The van der Waals surface area contributed by atoms with Crippen LogP contribution in [0.25, 0.3) is 0 Å². The van der Waals surface area contributed by atoms with Gasteiger partial charge in [-0.15, -0.1) is 0 Å². The van der Waals surface area contributed by atoms with Crippen LogP contribution in [-0.4, -0.2) is 5.91 Å². The fourth-order valence-electron chi connectivity index (χ4n) is 0.914. The van der Waals surface area contributed by atoms with E-state index in [9.17, 15) is 4.79 Å². The Morgan fingerprint density at radius 3 is 2.50 bits per heavy atom. The van der Waals surface area contributed by atoms with Gasteiger partial charge in [0.05, 0.1) is 5.92 Å². The maximum Gasteiger partial charge on any atom is 0.232 e. The Bertz CT molecular complexity index is 334. The summed E-state index contributed by atoms with van der Waals surface area (Å²) < 4.78 is 0. The molecule has 0 saturated carbocycles. The van der Waals surface area contributed by atoms with E-state index >= 15 is 0 Å². The van der Waals surface area contributed by atoms with E-state index in [-0.39, 0.29) is 11.8 Å². The summed E-state index contributed by atoms with van der Waals surface area (Å²) in [7, 11) is 0. The van der Waals surface area contributed by atoms with Crippen molar-refractivity contribution in [1.82, 2.24) is 0 Å². The van der Waals surface area contributed by atoms with Gasteiger partial charge in [-0.05, 0) is 19.1 Å². The van der Waals surface area contributed by atoms with Crippen molar-refractivity contribution in [3.05, 3.63) is 41.9 Å². The van der Waals surface area contributed by atoms with Gasteiger partial charge in [0.25, 0.3) is 0 Å². The molecule has 0 aliphatic rings. The van der Waals surface area contributed by atoms with Crippen LogP contribution >= 0.6 is 11.6 Å². The first-order chi connectivity index (χ1) is 6.61. The second-order valence-corrected chi connectivity index (χ2v) is 3.51. The summed E-state index contributed by atoms with van der Waals surface area (Å²) in [4.78, 5) is 11.5. The number of anilines is 1. The van der Waals surface area contributed by atoms with Crippen LogP contribution < -0.4 is 5.32 Å². The fraction of sp³-hybridized carbons (Fsp3) is 0.182. The summed E-state index contributed by atoms with van der Waals surface area (Å²) in [6.07, 6.45) is 0. The number of hydrogen-bond donors (Lipinski definition) is 1. The molecular weight excluding hydrogens is 198 g/mol. The number of hydrogen-bond acceptors (Lipinski definition) is 1. The van der Waals surface area contributed by atoms with Crippen LogP contribution in [0.3, 0.4) is 0 Å². The molecule has 0 fully saturated rings. The molecule has 0 aliphatic carbocycles. The van der Waals surface area contributed by atoms with E-state index in [4.69, 9.17) is 11.6 Å². The number of para-hydroxylation sites is 1. The third-order valence-corrected chi connectivity index (χ3v) is 2.23. The minimum Gasteiger partial charge on any atom is -0.326 e. The average molecular weight is 210 g/mol. The molecule has 0 bridgehead atoms. The fourth-order valence-corrected chi connectivity index (χ4v) is 1.01. The molecule has 1 aromatic carbocycles. The molecule has 3 heteroatoms. The second-order valence-electron chi connectivity index (χ2n) is 3.02. The lowest BCUT2D eigenvalue weighted by Crippen LogP contribution is -2.20. The minimum atomic E-state index is -0.378. The van der Waals surface area contributed by atoms with Gasteiger partial charge in [0, 0.05) is 10.7 Å². The van der Waals surface area contributed by atoms with Crippen molar-refractivity contribution in [2.24, 2.45) is 5.92 Å². The highest BCUT2D eigenvalue weighted by molar-refractivity contribution is 6.31. The summed E-state index contributed by atoms with van der Waals surface area (Å²) in [5.74, 6) is -0.520. The summed E-state index contributed by atoms with van der Waals surface area (Å²) in [6.45, 7) is 5.24. The maximum atomic E-state index is 11.5. The predicted octanol–water partition coefficient (Wildman–Crippen LogP) is 3.01. The molecule has 0 radical (unpaired) electrons. The van der Waals surface area contributed by atoms with Gasteiger partial charge < -0.3 is 5.32 Å². The zero-order chi connectivity index (χ0) is 10.6. The predicted molar refractivity (Wildman–Crippen MR) is 59.2 cm³/mol. The molecule has 0 spiro atoms. The lowest BCUT2D eigenvalue weighted by molar-refractivity contribution is -0.118. The second kappa shape index (κ2) is 4.82. The van der Waals surface area contributed by atoms with Crippen LogP contribution in [0.4, 0.5) is 5.69 Å². The van der Waals surface area contributed by atoms with Crippen LogP contribution in [-0.2, 0) is 4.79 Å². The van der Waals surface area contributed by atoms with Gasteiger partial charge in [0.2, 0.25) is 5.91 Å². The average Bonchev–Trinajstić information content (AvgIpc) is 2.18.